The molecule has 1 aromatic carbocycles. The zero-order chi connectivity index (χ0) is 11.7. The van der Waals surface area contributed by atoms with E-state index >= 15 is 0 Å². The predicted octanol–water partition coefficient (Wildman–Crippen LogP) is 2.43. The maximum atomic E-state index is 4.23. The molecule has 1 aliphatic rings. The van der Waals surface area contributed by atoms with Crippen molar-refractivity contribution < 1.29 is 0 Å². The fourth-order valence-corrected chi connectivity index (χ4v) is 1.97. The quantitative estimate of drug-likeness (QED) is 0.869. The fourth-order valence-electron chi connectivity index (χ4n) is 1.97. The summed E-state index contributed by atoms with van der Waals surface area (Å²) in [5, 5.41) is 3.52. The Kier molecular flexibility index (Phi) is 2.69. The Labute approximate surface area is 101 Å². The molecule has 0 amide bonds. The van der Waals surface area contributed by atoms with E-state index in [0.29, 0.717) is 0 Å². The summed E-state index contributed by atoms with van der Waals surface area (Å²) in [4.78, 5) is 4.23. The van der Waals surface area contributed by atoms with E-state index in [4.69, 9.17) is 0 Å². The van der Waals surface area contributed by atoms with Crippen LogP contribution in [-0.2, 0) is 6.54 Å². The Balaban J connectivity index is 1.72. The fraction of sp³-hybridized carbons (Fsp3) is 0.357. The van der Waals surface area contributed by atoms with Crippen LogP contribution < -0.4 is 5.32 Å². The third-order valence-corrected chi connectivity index (χ3v) is 3.21. The Hall–Kier alpha value is -1.61. The highest BCUT2D eigenvalue weighted by atomic mass is 15.1. The number of aryl methyl sites for hydroxylation is 1. The van der Waals surface area contributed by atoms with Gasteiger partial charge in [0.25, 0.3) is 0 Å². The van der Waals surface area contributed by atoms with Crippen LogP contribution in [0.2, 0.25) is 0 Å². The molecule has 1 fully saturated rings. The molecule has 17 heavy (non-hydrogen) atoms. The first kappa shape index (κ1) is 10.5. The van der Waals surface area contributed by atoms with Crippen molar-refractivity contribution in [3.05, 3.63) is 48.0 Å². The van der Waals surface area contributed by atoms with Gasteiger partial charge in [-0.3, -0.25) is 0 Å². The number of hydrogen-bond acceptors (Lipinski definition) is 2. The summed E-state index contributed by atoms with van der Waals surface area (Å²) in [7, 11) is 0. The lowest BCUT2D eigenvalue weighted by molar-refractivity contribution is 0.687. The highest BCUT2D eigenvalue weighted by Gasteiger charge is 2.19. The Morgan fingerprint density at radius 2 is 2.06 bits per heavy atom. The van der Waals surface area contributed by atoms with Crippen LogP contribution in [0.4, 0.5) is 0 Å². The molecule has 1 aromatic heterocycles. The van der Waals surface area contributed by atoms with Crippen LogP contribution in [0.3, 0.4) is 0 Å². The van der Waals surface area contributed by atoms with Crippen molar-refractivity contribution in [1.82, 2.24) is 14.9 Å². The number of rotatable bonds is 4. The highest BCUT2D eigenvalue weighted by molar-refractivity contribution is 5.35. The van der Waals surface area contributed by atoms with Crippen LogP contribution in [0.25, 0.3) is 5.69 Å². The van der Waals surface area contributed by atoms with Crippen LogP contribution in [-0.4, -0.2) is 15.6 Å². The summed E-state index contributed by atoms with van der Waals surface area (Å²) in [6.07, 6.45) is 6.50. The average molecular weight is 227 g/mol. The molecule has 1 saturated carbocycles. The highest BCUT2D eigenvalue weighted by Crippen LogP contribution is 2.19. The van der Waals surface area contributed by atoms with Gasteiger partial charge < -0.3 is 9.88 Å². The molecule has 0 bridgehead atoms. The molecule has 0 unspecified atom stereocenters. The lowest BCUT2D eigenvalue weighted by Gasteiger charge is -2.07. The molecule has 0 atom stereocenters. The third kappa shape index (κ3) is 2.39. The first-order valence-electron chi connectivity index (χ1n) is 6.15. The standard InChI is InChI=1S/C14H17N3/c1-11-15-8-9-17(11)14-6-2-12(3-7-14)10-16-13-4-5-13/h2-3,6-9,13,16H,4-5,10H2,1H3. The lowest BCUT2D eigenvalue weighted by Crippen LogP contribution is -2.15. The molecule has 1 N–H and O–H groups in total. The van der Waals surface area contributed by atoms with Gasteiger partial charge in [0.05, 0.1) is 0 Å². The van der Waals surface area contributed by atoms with Gasteiger partial charge in [-0.25, -0.2) is 4.98 Å². The van der Waals surface area contributed by atoms with E-state index in [1.807, 2.05) is 19.3 Å². The zero-order valence-electron chi connectivity index (χ0n) is 10.1. The van der Waals surface area contributed by atoms with Gasteiger partial charge in [0.2, 0.25) is 0 Å². The zero-order valence-corrected chi connectivity index (χ0v) is 10.1. The van der Waals surface area contributed by atoms with Crippen LogP contribution in [0.1, 0.15) is 24.2 Å². The predicted molar refractivity (Wildman–Crippen MR) is 68.2 cm³/mol. The normalized spacial score (nSPS) is 15.1. The summed E-state index contributed by atoms with van der Waals surface area (Å²) < 4.78 is 2.10. The Bertz CT molecular complexity index is 494. The maximum Gasteiger partial charge on any atom is 0.110 e. The monoisotopic (exact) mass is 227 g/mol. The van der Waals surface area contributed by atoms with Crippen molar-refractivity contribution in [1.29, 1.82) is 0 Å². The molecule has 0 aliphatic heterocycles. The second kappa shape index (κ2) is 4.34. The number of nitrogens with one attached hydrogen (secondary N) is 1. The van der Waals surface area contributed by atoms with Crippen molar-refractivity contribution >= 4 is 0 Å². The van der Waals surface area contributed by atoms with Crippen molar-refractivity contribution in [3.8, 4) is 5.69 Å². The average Bonchev–Trinajstić information content (AvgIpc) is 3.09. The number of hydrogen-bond donors (Lipinski definition) is 1. The Morgan fingerprint density at radius 1 is 1.29 bits per heavy atom. The number of imidazole rings is 1. The van der Waals surface area contributed by atoms with Gasteiger partial charge >= 0.3 is 0 Å². The van der Waals surface area contributed by atoms with Crippen molar-refractivity contribution in [2.45, 2.75) is 32.4 Å². The molecular formula is C14H17N3. The molecule has 2 aromatic rings. The summed E-state index contributed by atoms with van der Waals surface area (Å²) in [5.74, 6) is 1.02. The number of aromatic nitrogens is 2. The van der Waals surface area contributed by atoms with Gasteiger partial charge in [-0.2, -0.15) is 0 Å². The number of nitrogens with zero attached hydrogens (tertiary/aromatic N) is 2. The first-order chi connectivity index (χ1) is 8.33. The van der Waals surface area contributed by atoms with Gasteiger partial charge in [-0.1, -0.05) is 12.1 Å². The van der Waals surface area contributed by atoms with Gasteiger partial charge in [0, 0.05) is 30.7 Å². The largest absolute Gasteiger partial charge is 0.310 e. The molecule has 0 radical (unpaired) electrons. The molecule has 3 nitrogen and oxygen atoms in total. The number of benzene rings is 1. The van der Waals surface area contributed by atoms with Crippen LogP contribution >= 0.6 is 0 Å². The van der Waals surface area contributed by atoms with Crippen LogP contribution in [0.5, 0.6) is 0 Å². The van der Waals surface area contributed by atoms with E-state index in [0.717, 1.165) is 18.4 Å². The van der Waals surface area contributed by atoms with E-state index in [9.17, 15) is 0 Å². The SMILES string of the molecule is Cc1nccn1-c1ccc(CNC2CC2)cc1. The molecular weight excluding hydrogens is 210 g/mol. The molecule has 0 spiro atoms. The minimum Gasteiger partial charge on any atom is -0.310 e. The molecule has 1 heterocycles. The van der Waals surface area contributed by atoms with Crippen molar-refractivity contribution in [2.75, 3.05) is 0 Å². The minimum absolute atomic E-state index is 0.769. The lowest BCUT2D eigenvalue weighted by atomic mass is 10.2. The Morgan fingerprint density at radius 3 is 2.65 bits per heavy atom. The molecule has 3 rings (SSSR count). The van der Waals surface area contributed by atoms with Gasteiger partial charge in [0.15, 0.2) is 0 Å². The van der Waals surface area contributed by atoms with Crippen LogP contribution in [0.15, 0.2) is 36.7 Å². The van der Waals surface area contributed by atoms with E-state index in [-0.39, 0.29) is 0 Å². The molecule has 88 valence electrons. The summed E-state index contributed by atoms with van der Waals surface area (Å²) >= 11 is 0. The van der Waals surface area contributed by atoms with E-state index in [1.54, 1.807) is 0 Å². The van der Waals surface area contributed by atoms with Crippen molar-refractivity contribution in [2.24, 2.45) is 0 Å². The summed E-state index contributed by atoms with van der Waals surface area (Å²) in [5.41, 5.74) is 2.52. The topological polar surface area (TPSA) is 29.9 Å². The van der Waals surface area contributed by atoms with E-state index in [2.05, 4.69) is 39.1 Å². The second-order valence-electron chi connectivity index (χ2n) is 4.67. The third-order valence-electron chi connectivity index (χ3n) is 3.21. The smallest absolute Gasteiger partial charge is 0.110 e. The van der Waals surface area contributed by atoms with E-state index in [1.165, 1.54) is 24.1 Å². The maximum absolute atomic E-state index is 4.23. The van der Waals surface area contributed by atoms with E-state index < -0.39 is 0 Å². The van der Waals surface area contributed by atoms with Gasteiger partial charge in [-0.15, -0.1) is 0 Å². The van der Waals surface area contributed by atoms with Gasteiger partial charge in [0.1, 0.15) is 5.82 Å². The molecule has 1 aliphatic carbocycles. The van der Waals surface area contributed by atoms with Crippen LogP contribution in [0, 0.1) is 6.92 Å². The van der Waals surface area contributed by atoms with Gasteiger partial charge in [-0.05, 0) is 37.5 Å². The second-order valence-corrected chi connectivity index (χ2v) is 4.67. The first-order valence-corrected chi connectivity index (χ1v) is 6.15. The summed E-state index contributed by atoms with van der Waals surface area (Å²) in [6, 6.07) is 9.44. The summed E-state index contributed by atoms with van der Waals surface area (Å²) in [6.45, 7) is 3.00. The minimum atomic E-state index is 0.769. The molecule has 3 heteroatoms. The molecule has 0 saturated heterocycles. The van der Waals surface area contributed by atoms with Crippen molar-refractivity contribution in [3.63, 3.8) is 0 Å².